The fourth-order valence-corrected chi connectivity index (χ4v) is 4.42. The van der Waals surface area contributed by atoms with Crippen molar-refractivity contribution in [1.82, 2.24) is 19.7 Å². The van der Waals surface area contributed by atoms with E-state index in [4.69, 9.17) is 4.74 Å². The van der Waals surface area contributed by atoms with Gasteiger partial charge in [-0.1, -0.05) is 42.1 Å². The third kappa shape index (κ3) is 4.22. The van der Waals surface area contributed by atoms with Crippen molar-refractivity contribution in [3.8, 4) is 17.1 Å². The number of Topliss-reactive ketones (excluding diaryl/α,β-unsaturated/α-hetero) is 1. The first-order chi connectivity index (χ1) is 15.3. The predicted octanol–water partition coefficient (Wildman–Crippen LogP) is 4.30. The molecule has 6 nitrogen and oxygen atoms in total. The van der Waals surface area contributed by atoms with E-state index in [0.29, 0.717) is 29.6 Å². The number of nitrogens with zero attached hydrogens (tertiary/aromatic N) is 4. The van der Waals surface area contributed by atoms with Crippen LogP contribution in [0.3, 0.4) is 0 Å². The summed E-state index contributed by atoms with van der Waals surface area (Å²) in [5.74, 6) is 1.98. The van der Waals surface area contributed by atoms with Crippen LogP contribution in [0.25, 0.3) is 11.4 Å². The van der Waals surface area contributed by atoms with E-state index >= 15 is 0 Å². The van der Waals surface area contributed by atoms with Crippen molar-refractivity contribution in [3.05, 3.63) is 89.7 Å². The van der Waals surface area contributed by atoms with Gasteiger partial charge < -0.3 is 4.74 Å². The SMILES string of the molecule is O=C(CSc1nnc(-c2cccnc2)n1Cc1ccccc1)c1ccc2c(c1)CCO2. The zero-order valence-corrected chi connectivity index (χ0v) is 17.6. The molecule has 31 heavy (non-hydrogen) atoms. The molecule has 0 amide bonds. The summed E-state index contributed by atoms with van der Waals surface area (Å²) in [5.41, 5.74) is 3.84. The Kier molecular flexibility index (Phi) is 5.50. The summed E-state index contributed by atoms with van der Waals surface area (Å²) in [6.07, 6.45) is 4.36. The molecule has 1 aliphatic heterocycles. The number of thioether (sulfide) groups is 1. The zero-order valence-electron chi connectivity index (χ0n) is 16.8. The number of ether oxygens (including phenoxy) is 1. The highest BCUT2D eigenvalue weighted by Crippen LogP contribution is 2.28. The number of fused-ring (bicyclic) bond motifs is 1. The van der Waals surface area contributed by atoms with Crippen LogP contribution < -0.4 is 4.74 Å². The number of aromatic nitrogens is 4. The van der Waals surface area contributed by atoms with Gasteiger partial charge in [0.15, 0.2) is 16.8 Å². The lowest BCUT2D eigenvalue weighted by atomic mass is 10.1. The van der Waals surface area contributed by atoms with Crippen LogP contribution in [0.1, 0.15) is 21.5 Å². The monoisotopic (exact) mass is 428 g/mol. The molecule has 1 aliphatic rings. The zero-order chi connectivity index (χ0) is 21.0. The quantitative estimate of drug-likeness (QED) is 0.323. The van der Waals surface area contributed by atoms with E-state index in [1.54, 1.807) is 12.4 Å². The molecule has 4 aromatic rings. The summed E-state index contributed by atoms with van der Waals surface area (Å²) in [6, 6.07) is 19.7. The molecule has 0 fully saturated rings. The van der Waals surface area contributed by atoms with E-state index in [2.05, 4.69) is 27.3 Å². The standard InChI is InChI=1S/C24H20N4O2S/c29-21(18-8-9-22-19(13-18)10-12-30-22)16-31-24-27-26-23(20-7-4-11-25-14-20)28(24)15-17-5-2-1-3-6-17/h1-9,11,13-14H,10,12,15-16H2. The fourth-order valence-electron chi connectivity index (χ4n) is 3.59. The van der Waals surface area contributed by atoms with Crippen LogP contribution in [0.2, 0.25) is 0 Å². The highest BCUT2D eigenvalue weighted by Gasteiger charge is 2.18. The van der Waals surface area contributed by atoms with Gasteiger partial charge in [-0.05, 0) is 41.5 Å². The molecule has 3 heterocycles. The molecule has 0 spiro atoms. The van der Waals surface area contributed by atoms with E-state index in [0.717, 1.165) is 34.7 Å². The van der Waals surface area contributed by atoms with Crippen LogP contribution in [-0.4, -0.2) is 37.9 Å². The number of ketones is 1. The molecule has 0 saturated carbocycles. The summed E-state index contributed by atoms with van der Waals surface area (Å²) in [4.78, 5) is 17.0. The lowest BCUT2D eigenvalue weighted by molar-refractivity contribution is 0.102. The van der Waals surface area contributed by atoms with Crippen LogP contribution in [-0.2, 0) is 13.0 Å². The third-order valence-electron chi connectivity index (χ3n) is 5.16. The Hall–Kier alpha value is -3.45. The van der Waals surface area contributed by atoms with Crippen LogP contribution in [0.15, 0.2) is 78.2 Å². The van der Waals surface area contributed by atoms with Crippen molar-refractivity contribution in [2.45, 2.75) is 18.1 Å². The Morgan fingerprint density at radius 2 is 1.97 bits per heavy atom. The fraction of sp³-hybridized carbons (Fsp3) is 0.167. The van der Waals surface area contributed by atoms with Gasteiger partial charge in [0.05, 0.1) is 18.9 Å². The second-order valence-electron chi connectivity index (χ2n) is 7.25. The Morgan fingerprint density at radius 3 is 2.81 bits per heavy atom. The third-order valence-corrected chi connectivity index (χ3v) is 6.13. The van der Waals surface area contributed by atoms with Crippen molar-refractivity contribution in [3.63, 3.8) is 0 Å². The average Bonchev–Trinajstić information content (AvgIpc) is 3.45. The average molecular weight is 429 g/mol. The van der Waals surface area contributed by atoms with Crippen molar-refractivity contribution in [2.24, 2.45) is 0 Å². The van der Waals surface area contributed by atoms with Crippen LogP contribution in [0.4, 0.5) is 0 Å². The first-order valence-electron chi connectivity index (χ1n) is 10.1. The minimum Gasteiger partial charge on any atom is -0.493 e. The first kappa shape index (κ1) is 19.5. The van der Waals surface area contributed by atoms with E-state index < -0.39 is 0 Å². The summed E-state index contributed by atoms with van der Waals surface area (Å²) in [7, 11) is 0. The largest absolute Gasteiger partial charge is 0.493 e. The minimum absolute atomic E-state index is 0.0666. The molecule has 5 rings (SSSR count). The van der Waals surface area contributed by atoms with Gasteiger partial charge >= 0.3 is 0 Å². The molecular weight excluding hydrogens is 408 g/mol. The van der Waals surface area contributed by atoms with Gasteiger partial charge in [0, 0.05) is 29.9 Å². The number of benzene rings is 2. The topological polar surface area (TPSA) is 69.9 Å². The first-order valence-corrected chi connectivity index (χ1v) is 11.1. The highest BCUT2D eigenvalue weighted by molar-refractivity contribution is 7.99. The molecule has 7 heteroatoms. The molecular formula is C24H20N4O2S. The number of rotatable bonds is 7. The van der Waals surface area contributed by atoms with Gasteiger partial charge in [-0.2, -0.15) is 0 Å². The normalized spacial score (nSPS) is 12.4. The summed E-state index contributed by atoms with van der Waals surface area (Å²) < 4.78 is 7.58. The van der Waals surface area contributed by atoms with E-state index in [1.807, 2.05) is 53.1 Å². The lowest BCUT2D eigenvalue weighted by Crippen LogP contribution is -2.07. The van der Waals surface area contributed by atoms with Crippen LogP contribution in [0.5, 0.6) is 5.75 Å². The summed E-state index contributed by atoms with van der Waals surface area (Å²) in [5, 5.41) is 9.50. The Labute approximate surface area is 184 Å². The molecule has 0 radical (unpaired) electrons. The molecule has 2 aromatic heterocycles. The molecule has 0 bridgehead atoms. The van der Waals surface area contributed by atoms with E-state index in [9.17, 15) is 4.79 Å². The summed E-state index contributed by atoms with van der Waals surface area (Å²) in [6.45, 7) is 1.30. The Balaban J connectivity index is 1.39. The Bertz CT molecular complexity index is 1210. The molecule has 0 N–H and O–H groups in total. The molecule has 2 aromatic carbocycles. The van der Waals surface area contributed by atoms with Gasteiger partial charge in [-0.3, -0.25) is 14.3 Å². The maximum atomic E-state index is 12.8. The van der Waals surface area contributed by atoms with Crippen molar-refractivity contribution in [1.29, 1.82) is 0 Å². The Morgan fingerprint density at radius 1 is 1.06 bits per heavy atom. The lowest BCUT2D eigenvalue weighted by Gasteiger charge is -2.10. The van der Waals surface area contributed by atoms with Gasteiger partial charge in [-0.25, -0.2) is 0 Å². The number of pyridine rings is 1. The minimum atomic E-state index is 0.0666. The number of carbonyl (C=O) groups excluding carboxylic acids is 1. The predicted molar refractivity (Wildman–Crippen MR) is 119 cm³/mol. The van der Waals surface area contributed by atoms with Crippen molar-refractivity contribution >= 4 is 17.5 Å². The van der Waals surface area contributed by atoms with Gasteiger partial charge in [0.2, 0.25) is 0 Å². The molecule has 0 atom stereocenters. The van der Waals surface area contributed by atoms with E-state index in [1.165, 1.54) is 11.8 Å². The van der Waals surface area contributed by atoms with Crippen LogP contribution >= 0.6 is 11.8 Å². The van der Waals surface area contributed by atoms with Gasteiger partial charge in [-0.15, -0.1) is 10.2 Å². The second kappa shape index (κ2) is 8.73. The maximum absolute atomic E-state index is 12.8. The van der Waals surface area contributed by atoms with Crippen molar-refractivity contribution in [2.75, 3.05) is 12.4 Å². The summed E-state index contributed by atoms with van der Waals surface area (Å²) >= 11 is 1.41. The van der Waals surface area contributed by atoms with Crippen molar-refractivity contribution < 1.29 is 9.53 Å². The van der Waals surface area contributed by atoms with Gasteiger partial charge in [0.25, 0.3) is 0 Å². The molecule has 0 saturated heterocycles. The van der Waals surface area contributed by atoms with Gasteiger partial charge in [0.1, 0.15) is 5.75 Å². The van der Waals surface area contributed by atoms with Crippen LogP contribution in [0, 0.1) is 0 Å². The molecule has 154 valence electrons. The second-order valence-corrected chi connectivity index (χ2v) is 8.19. The highest BCUT2D eigenvalue weighted by atomic mass is 32.2. The molecule has 0 aliphatic carbocycles. The maximum Gasteiger partial charge on any atom is 0.192 e. The smallest absolute Gasteiger partial charge is 0.192 e. The molecule has 0 unspecified atom stereocenters. The van der Waals surface area contributed by atoms with E-state index in [-0.39, 0.29) is 5.78 Å². The number of carbonyl (C=O) groups is 1. The number of hydrogen-bond acceptors (Lipinski definition) is 6. The number of hydrogen-bond donors (Lipinski definition) is 0.